The van der Waals surface area contributed by atoms with Crippen LogP contribution >= 0.6 is 11.8 Å². The number of benzene rings is 1. The van der Waals surface area contributed by atoms with Crippen LogP contribution in [0.2, 0.25) is 0 Å². The number of carbonyl (C=O) groups is 1. The van der Waals surface area contributed by atoms with Crippen molar-refractivity contribution >= 4 is 17.7 Å². The standard InChI is InChI=1S/C16H24N2OS/c17-8-11-20-13-16(19)18-9-6-15(7-10-18)12-14-4-2-1-3-5-14/h1-5,15H,6-13,17H2. The lowest BCUT2D eigenvalue weighted by atomic mass is 9.90. The number of piperidine rings is 1. The predicted octanol–water partition coefficient (Wildman–Crippen LogP) is 2.16. The van der Waals surface area contributed by atoms with Crippen LogP contribution in [0.25, 0.3) is 0 Å². The molecule has 0 spiro atoms. The third kappa shape index (κ3) is 4.84. The Morgan fingerprint density at radius 2 is 1.95 bits per heavy atom. The Morgan fingerprint density at radius 3 is 2.60 bits per heavy atom. The molecule has 1 fully saturated rings. The second-order valence-electron chi connectivity index (χ2n) is 5.36. The number of likely N-dealkylation sites (tertiary alicyclic amines) is 1. The Kier molecular flexibility index (Phi) is 6.40. The van der Waals surface area contributed by atoms with Crippen LogP contribution in [0.5, 0.6) is 0 Å². The van der Waals surface area contributed by atoms with Gasteiger partial charge < -0.3 is 10.6 Å². The second-order valence-corrected chi connectivity index (χ2v) is 6.46. The van der Waals surface area contributed by atoms with Crippen molar-refractivity contribution < 1.29 is 4.79 Å². The minimum atomic E-state index is 0.279. The van der Waals surface area contributed by atoms with Crippen LogP contribution < -0.4 is 5.73 Å². The smallest absolute Gasteiger partial charge is 0.232 e. The molecule has 0 aromatic heterocycles. The molecule has 110 valence electrons. The third-order valence-electron chi connectivity index (χ3n) is 3.82. The van der Waals surface area contributed by atoms with E-state index >= 15 is 0 Å². The molecule has 1 aliphatic heterocycles. The Balaban J connectivity index is 1.71. The molecule has 1 saturated heterocycles. The summed E-state index contributed by atoms with van der Waals surface area (Å²) in [6.07, 6.45) is 3.40. The first-order valence-corrected chi connectivity index (χ1v) is 8.54. The van der Waals surface area contributed by atoms with Gasteiger partial charge in [0.1, 0.15) is 0 Å². The van der Waals surface area contributed by atoms with E-state index in [1.54, 1.807) is 11.8 Å². The summed E-state index contributed by atoms with van der Waals surface area (Å²) in [5, 5.41) is 0. The summed E-state index contributed by atoms with van der Waals surface area (Å²) in [7, 11) is 0. The van der Waals surface area contributed by atoms with Crippen molar-refractivity contribution in [2.24, 2.45) is 11.7 Å². The highest BCUT2D eigenvalue weighted by Crippen LogP contribution is 2.22. The fourth-order valence-electron chi connectivity index (χ4n) is 2.67. The van der Waals surface area contributed by atoms with Crippen molar-refractivity contribution in [2.75, 3.05) is 31.1 Å². The molecule has 0 unspecified atom stereocenters. The Hall–Kier alpha value is -1.00. The Morgan fingerprint density at radius 1 is 1.25 bits per heavy atom. The van der Waals surface area contributed by atoms with Gasteiger partial charge in [0.05, 0.1) is 5.75 Å². The van der Waals surface area contributed by atoms with Crippen LogP contribution in [-0.4, -0.2) is 41.9 Å². The molecule has 3 nitrogen and oxygen atoms in total. The second kappa shape index (κ2) is 8.32. The normalized spacial score (nSPS) is 16.4. The van der Waals surface area contributed by atoms with Gasteiger partial charge in [-0.2, -0.15) is 11.8 Å². The largest absolute Gasteiger partial charge is 0.342 e. The van der Waals surface area contributed by atoms with Gasteiger partial charge in [0.25, 0.3) is 0 Å². The molecule has 1 aromatic carbocycles. The van der Waals surface area contributed by atoms with Gasteiger partial charge in [-0.25, -0.2) is 0 Å². The maximum atomic E-state index is 12.0. The van der Waals surface area contributed by atoms with Gasteiger partial charge >= 0.3 is 0 Å². The third-order valence-corrected chi connectivity index (χ3v) is 4.80. The first-order valence-electron chi connectivity index (χ1n) is 7.39. The molecule has 0 saturated carbocycles. The first-order chi connectivity index (χ1) is 9.79. The van der Waals surface area contributed by atoms with E-state index in [0.717, 1.165) is 44.0 Å². The van der Waals surface area contributed by atoms with Crippen LogP contribution in [0.1, 0.15) is 18.4 Å². The molecule has 1 aliphatic rings. The Bertz CT molecular complexity index is 402. The van der Waals surface area contributed by atoms with Crippen LogP contribution in [0.3, 0.4) is 0 Å². The maximum Gasteiger partial charge on any atom is 0.232 e. The van der Waals surface area contributed by atoms with Gasteiger partial charge in [-0.3, -0.25) is 4.79 Å². The number of amides is 1. The van der Waals surface area contributed by atoms with Crippen molar-refractivity contribution in [3.8, 4) is 0 Å². The monoisotopic (exact) mass is 292 g/mol. The van der Waals surface area contributed by atoms with Gasteiger partial charge in [-0.1, -0.05) is 30.3 Å². The van der Waals surface area contributed by atoms with Crippen molar-refractivity contribution in [3.05, 3.63) is 35.9 Å². The van der Waals surface area contributed by atoms with E-state index in [1.165, 1.54) is 5.56 Å². The van der Waals surface area contributed by atoms with Crippen LogP contribution in [-0.2, 0) is 11.2 Å². The molecular weight excluding hydrogens is 268 g/mol. The molecular formula is C16H24N2OS. The topological polar surface area (TPSA) is 46.3 Å². The Labute approximate surface area is 125 Å². The van der Waals surface area contributed by atoms with Crippen molar-refractivity contribution in [3.63, 3.8) is 0 Å². The van der Waals surface area contributed by atoms with E-state index in [-0.39, 0.29) is 5.91 Å². The zero-order valence-corrected chi connectivity index (χ0v) is 12.8. The summed E-state index contributed by atoms with van der Waals surface area (Å²) in [4.78, 5) is 14.0. The lowest BCUT2D eigenvalue weighted by molar-refractivity contribution is -0.129. The summed E-state index contributed by atoms with van der Waals surface area (Å²) >= 11 is 1.64. The van der Waals surface area contributed by atoms with E-state index in [2.05, 4.69) is 30.3 Å². The van der Waals surface area contributed by atoms with Gasteiger partial charge in [0, 0.05) is 25.4 Å². The summed E-state index contributed by atoms with van der Waals surface area (Å²) in [5.74, 6) is 2.45. The average Bonchev–Trinajstić information content (AvgIpc) is 2.49. The molecule has 2 N–H and O–H groups in total. The molecule has 0 radical (unpaired) electrons. The van der Waals surface area contributed by atoms with Crippen LogP contribution in [0, 0.1) is 5.92 Å². The summed E-state index contributed by atoms with van der Waals surface area (Å²) < 4.78 is 0. The molecule has 1 heterocycles. The number of carbonyl (C=O) groups excluding carboxylic acids is 1. The molecule has 0 atom stereocenters. The minimum Gasteiger partial charge on any atom is -0.342 e. The lowest BCUT2D eigenvalue weighted by Gasteiger charge is -2.32. The highest BCUT2D eigenvalue weighted by Gasteiger charge is 2.22. The first kappa shape index (κ1) is 15.4. The van der Waals surface area contributed by atoms with Crippen LogP contribution in [0.4, 0.5) is 0 Å². The lowest BCUT2D eigenvalue weighted by Crippen LogP contribution is -2.40. The number of hydrogen-bond donors (Lipinski definition) is 1. The molecule has 4 heteroatoms. The zero-order chi connectivity index (χ0) is 14.2. The van der Waals surface area contributed by atoms with E-state index in [4.69, 9.17) is 5.73 Å². The highest BCUT2D eigenvalue weighted by molar-refractivity contribution is 7.99. The molecule has 0 aliphatic carbocycles. The summed E-state index contributed by atoms with van der Waals surface area (Å²) in [6, 6.07) is 10.6. The number of nitrogens with two attached hydrogens (primary N) is 1. The fraction of sp³-hybridized carbons (Fsp3) is 0.562. The maximum absolute atomic E-state index is 12.0. The molecule has 2 rings (SSSR count). The fourth-order valence-corrected chi connectivity index (χ4v) is 3.34. The summed E-state index contributed by atoms with van der Waals surface area (Å²) in [5.41, 5.74) is 6.85. The van der Waals surface area contributed by atoms with E-state index in [9.17, 15) is 4.79 Å². The van der Waals surface area contributed by atoms with E-state index in [0.29, 0.717) is 12.3 Å². The van der Waals surface area contributed by atoms with Gasteiger partial charge in [0.15, 0.2) is 0 Å². The molecule has 1 aromatic rings. The number of rotatable bonds is 6. The van der Waals surface area contributed by atoms with Crippen LogP contribution in [0.15, 0.2) is 30.3 Å². The number of nitrogens with zero attached hydrogens (tertiary/aromatic N) is 1. The van der Waals surface area contributed by atoms with Crippen molar-refractivity contribution in [2.45, 2.75) is 19.3 Å². The quantitative estimate of drug-likeness (QED) is 0.817. The average molecular weight is 292 g/mol. The van der Waals surface area contributed by atoms with E-state index in [1.807, 2.05) is 4.90 Å². The van der Waals surface area contributed by atoms with Crippen molar-refractivity contribution in [1.29, 1.82) is 0 Å². The van der Waals surface area contributed by atoms with Gasteiger partial charge in [-0.05, 0) is 30.7 Å². The summed E-state index contributed by atoms with van der Waals surface area (Å²) in [6.45, 7) is 2.48. The van der Waals surface area contributed by atoms with E-state index < -0.39 is 0 Å². The number of thioether (sulfide) groups is 1. The van der Waals surface area contributed by atoms with Gasteiger partial charge in [0.2, 0.25) is 5.91 Å². The highest BCUT2D eigenvalue weighted by atomic mass is 32.2. The molecule has 1 amide bonds. The molecule has 20 heavy (non-hydrogen) atoms. The molecule has 0 bridgehead atoms. The number of hydrogen-bond acceptors (Lipinski definition) is 3. The SMILES string of the molecule is NCCSCC(=O)N1CCC(Cc2ccccc2)CC1. The van der Waals surface area contributed by atoms with Gasteiger partial charge in [-0.15, -0.1) is 0 Å². The predicted molar refractivity (Wildman–Crippen MR) is 85.8 cm³/mol. The minimum absolute atomic E-state index is 0.279. The zero-order valence-electron chi connectivity index (χ0n) is 12.0. The van der Waals surface area contributed by atoms with Crippen molar-refractivity contribution in [1.82, 2.24) is 4.90 Å².